The van der Waals surface area contributed by atoms with Gasteiger partial charge in [0.05, 0.1) is 5.69 Å². The Balaban J connectivity index is 2.42. The molecule has 1 aliphatic heterocycles. The number of anilines is 1. The highest BCUT2D eigenvalue weighted by atomic mass is 19.1. The topological polar surface area (TPSA) is 32.5 Å². The number of rotatable bonds is 3. The summed E-state index contributed by atoms with van der Waals surface area (Å²) >= 11 is 0. The molecule has 0 aromatic heterocycles. The summed E-state index contributed by atoms with van der Waals surface area (Å²) in [5, 5.41) is 0. The van der Waals surface area contributed by atoms with E-state index in [-0.39, 0.29) is 11.9 Å². The highest BCUT2D eigenvalue weighted by molar-refractivity contribution is 5.57. The van der Waals surface area contributed by atoms with Gasteiger partial charge in [-0.25, -0.2) is 4.39 Å². The van der Waals surface area contributed by atoms with Crippen molar-refractivity contribution in [2.75, 3.05) is 31.6 Å². The lowest BCUT2D eigenvalue weighted by atomic mass is 10.0. The summed E-state index contributed by atoms with van der Waals surface area (Å²) in [6.45, 7) is 7.02. The van der Waals surface area contributed by atoms with Crippen molar-refractivity contribution in [3.63, 3.8) is 0 Å². The molecule has 1 heterocycles. The molecule has 0 aliphatic carbocycles. The first-order valence-corrected chi connectivity index (χ1v) is 7.53. The normalized spacial score (nSPS) is 22.6. The summed E-state index contributed by atoms with van der Waals surface area (Å²) in [4.78, 5) is 4.57. The second-order valence-corrected chi connectivity index (χ2v) is 5.84. The fraction of sp³-hybridized carbons (Fsp3) is 0.625. The molecule has 2 rings (SSSR count). The van der Waals surface area contributed by atoms with Crippen LogP contribution >= 0.6 is 0 Å². The van der Waals surface area contributed by atoms with E-state index in [1.807, 2.05) is 13.0 Å². The van der Waals surface area contributed by atoms with Gasteiger partial charge in [0.15, 0.2) is 0 Å². The van der Waals surface area contributed by atoms with Crippen molar-refractivity contribution in [1.82, 2.24) is 4.90 Å². The molecule has 1 aromatic rings. The summed E-state index contributed by atoms with van der Waals surface area (Å²) < 4.78 is 14.4. The van der Waals surface area contributed by atoms with Crippen LogP contribution in [0.25, 0.3) is 0 Å². The van der Waals surface area contributed by atoms with Crippen LogP contribution in [0.3, 0.4) is 0 Å². The third-order valence-electron chi connectivity index (χ3n) is 4.17. The molecule has 0 radical (unpaired) electrons. The fourth-order valence-corrected chi connectivity index (χ4v) is 3.09. The molecule has 0 bridgehead atoms. The first-order valence-electron chi connectivity index (χ1n) is 7.53. The van der Waals surface area contributed by atoms with E-state index in [2.05, 4.69) is 23.8 Å². The minimum Gasteiger partial charge on any atom is -0.365 e. The first kappa shape index (κ1) is 15.3. The van der Waals surface area contributed by atoms with E-state index >= 15 is 0 Å². The SMILES string of the molecule is CCC1CN(C)CCCN1c1c(F)cccc1[C@@H](C)N. The average molecular weight is 279 g/mol. The molecule has 0 saturated carbocycles. The molecular weight excluding hydrogens is 253 g/mol. The van der Waals surface area contributed by atoms with E-state index in [1.165, 1.54) is 0 Å². The number of halogens is 1. The largest absolute Gasteiger partial charge is 0.365 e. The zero-order valence-corrected chi connectivity index (χ0v) is 12.8. The van der Waals surface area contributed by atoms with Crippen LogP contribution in [0.4, 0.5) is 10.1 Å². The van der Waals surface area contributed by atoms with Crippen molar-refractivity contribution in [3.8, 4) is 0 Å². The predicted molar refractivity (Wildman–Crippen MR) is 82.5 cm³/mol. The third-order valence-corrected chi connectivity index (χ3v) is 4.17. The Hall–Kier alpha value is -1.13. The number of para-hydroxylation sites is 1. The summed E-state index contributed by atoms with van der Waals surface area (Å²) in [5.41, 5.74) is 7.66. The smallest absolute Gasteiger partial charge is 0.146 e. The molecule has 1 saturated heterocycles. The molecule has 0 spiro atoms. The molecule has 3 nitrogen and oxygen atoms in total. The van der Waals surface area contributed by atoms with Crippen LogP contribution in [0.2, 0.25) is 0 Å². The molecule has 2 atom stereocenters. The van der Waals surface area contributed by atoms with E-state index in [4.69, 9.17) is 5.73 Å². The number of nitrogens with zero attached hydrogens (tertiary/aromatic N) is 2. The van der Waals surface area contributed by atoms with Crippen LogP contribution in [0.1, 0.15) is 38.3 Å². The maximum absolute atomic E-state index is 14.4. The zero-order chi connectivity index (χ0) is 14.7. The Morgan fingerprint density at radius 3 is 2.80 bits per heavy atom. The molecule has 1 aromatic carbocycles. The Morgan fingerprint density at radius 2 is 2.15 bits per heavy atom. The summed E-state index contributed by atoms with van der Waals surface area (Å²) in [6, 6.07) is 5.44. The van der Waals surface area contributed by atoms with Crippen LogP contribution in [0, 0.1) is 5.82 Å². The van der Waals surface area contributed by atoms with Crippen molar-refractivity contribution in [2.45, 2.75) is 38.8 Å². The monoisotopic (exact) mass is 279 g/mol. The lowest BCUT2D eigenvalue weighted by Gasteiger charge is -2.34. The Labute approximate surface area is 121 Å². The van der Waals surface area contributed by atoms with E-state index in [0.717, 1.165) is 38.0 Å². The third kappa shape index (κ3) is 3.13. The molecule has 1 aliphatic rings. The van der Waals surface area contributed by atoms with Crippen molar-refractivity contribution in [3.05, 3.63) is 29.6 Å². The lowest BCUT2D eigenvalue weighted by molar-refractivity contribution is 0.327. The molecule has 112 valence electrons. The molecule has 4 heteroatoms. The summed E-state index contributed by atoms with van der Waals surface area (Å²) in [7, 11) is 2.14. The first-order chi connectivity index (χ1) is 9.54. The number of likely N-dealkylation sites (N-methyl/N-ethyl adjacent to an activating group) is 1. The van der Waals surface area contributed by atoms with Gasteiger partial charge in [-0.15, -0.1) is 0 Å². The van der Waals surface area contributed by atoms with Gasteiger partial charge >= 0.3 is 0 Å². The van der Waals surface area contributed by atoms with Crippen LogP contribution in [0.5, 0.6) is 0 Å². The van der Waals surface area contributed by atoms with Crippen molar-refractivity contribution in [2.24, 2.45) is 5.73 Å². The number of hydrogen-bond donors (Lipinski definition) is 1. The Bertz CT molecular complexity index is 447. The Morgan fingerprint density at radius 1 is 1.40 bits per heavy atom. The van der Waals surface area contributed by atoms with E-state index < -0.39 is 0 Å². The molecule has 1 unspecified atom stereocenters. The van der Waals surface area contributed by atoms with Crippen molar-refractivity contribution < 1.29 is 4.39 Å². The minimum atomic E-state index is -0.154. The average Bonchev–Trinajstić information content (AvgIpc) is 2.59. The van der Waals surface area contributed by atoms with Gasteiger partial charge in [-0.3, -0.25) is 0 Å². The highest BCUT2D eigenvalue weighted by Crippen LogP contribution is 2.31. The molecule has 2 N–H and O–H groups in total. The molecule has 20 heavy (non-hydrogen) atoms. The van der Waals surface area contributed by atoms with Crippen molar-refractivity contribution >= 4 is 5.69 Å². The van der Waals surface area contributed by atoms with Crippen LogP contribution in [0.15, 0.2) is 18.2 Å². The molecule has 0 amide bonds. The van der Waals surface area contributed by atoms with Gasteiger partial charge < -0.3 is 15.5 Å². The molecule has 1 fully saturated rings. The van der Waals surface area contributed by atoms with E-state index in [0.29, 0.717) is 11.7 Å². The number of hydrogen-bond acceptors (Lipinski definition) is 3. The zero-order valence-electron chi connectivity index (χ0n) is 12.8. The maximum atomic E-state index is 14.4. The van der Waals surface area contributed by atoms with Gasteiger partial charge in [0.1, 0.15) is 5.82 Å². The summed E-state index contributed by atoms with van der Waals surface area (Å²) in [5.74, 6) is -0.150. The van der Waals surface area contributed by atoms with Crippen LogP contribution < -0.4 is 10.6 Å². The second kappa shape index (κ2) is 6.55. The second-order valence-electron chi connectivity index (χ2n) is 5.84. The van der Waals surface area contributed by atoms with Crippen molar-refractivity contribution in [1.29, 1.82) is 0 Å². The highest BCUT2D eigenvalue weighted by Gasteiger charge is 2.26. The van der Waals surface area contributed by atoms with Gasteiger partial charge in [-0.05, 0) is 45.0 Å². The standard InChI is InChI=1S/C16H26FN3/c1-4-13-11-19(3)9-6-10-20(13)16-14(12(2)18)7-5-8-15(16)17/h5,7-8,12-13H,4,6,9-11,18H2,1-3H3/t12-,13?/m1/s1. The number of benzene rings is 1. The van der Waals surface area contributed by atoms with Gasteiger partial charge in [0, 0.05) is 25.2 Å². The lowest BCUT2D eigenvalue weighted by Crippen LogP contribution is -2.41. The van der Waals surface area contributed by atoms with E-state index in [9.17, 15) is 4.39 Å². The fourth-order valence-electron chi connectivity index (χ4n) is 3.09. The minimum absolute atomic E-state index is 0.150. The van der Waals surface area contributed by atoms with Gasteiger partial charge in [0.2, 0.25) is 0 Å². The van der Waals surface area contributed by atoms with Crippen LogP contribution in [-0.4, -0.2) is 37.6 Å². The maximum Gasteiger partial charge on any atom is 0.146 e. The van der Waals surface area contributed by atoms with Gasteiger partial charge in [0.25, 0.3) is 0 Å². The van der Waals surface area contributed by atoms with Gasteiger partial charge in [-0.1, -0.05) is 19.1 Å². The summed E-state index contributed by atoms with van der Waals surface area (Å²) in [6.07, 6.45) is 2.07. The van der Waals surface area contributed by atoms with Crippen LogP contribution in [-0.2, 0) is 0 Å². The predicted octanol–water partition coefficient (Wildman–Crippen LogP) is 2.77. The Kier molecular flexibility index (Phi) is 5.00. The van der Waals surface area contributed by atoms with E-state index in [1.54, 1.807) is 12.1 Å². The van der Waals surface area contributed by atoms with Gasteiger partial charge in [-0.2, -0.15) is 0 Å². The quantitative estimate of drug-likeness (QED) is 0.923. The molecular formula is C16H26FN3. The number of nitrogens with two attached hydrogens (primary N) is 1.